The lowest BCUT2D eigenvalue weighted by molar-refractivity contribution is -0.142. The zero-order valence-electron chi connectivity index (χ0n) is 10.1. The van der Waals surface area contributed by atoms with Gasteiger partial charge in [0.25, 0.3) is 0 Å². The lowest BCUT2D eigenvalue weighted by atomic mass is 9.97. The summed E-state index contributed by atoms with van der Waals surface area (Å²) in [4.78, 5) is 22.2. The molecule has 0 aliphatic carbocycles. The molecule has 5 nitrogen and oxygen atoms in total. The number of urea groups is 1. The molecule has 1 atom stereocenters. The molecular weight excluding hydrogens is 244 g/mol. The molecule has 0 saturated heterocycles. The maximum atomic E-state index is 11.2. The van der Waals surface area contributed by atoms with Gasteiger partial charge >= 0.3 is 12.0 Å². The van der Waals surface area contributed by atoms with Crippen LogP contribution in [0.25, 0.3) is 0 Å². The van der Waals surface area contributed by atoms with Crippen molar-refractivity contribution < 1.29 is 14.7 Å². The number of rotatable bonds is 7. The third-order valence-corrected chi connectivity index (χ3v) is 2.19. The van der Waals surface area contributed by atoms with Crippen LogP contribution in [0.15, 0.2) is 11.6 Å². The molecule has 0 aromatic rings. The van der Waals surface area contributed by atoms with E-state index >= 15 is 0 Å². The van der Waals surface area contributed by atoms with Gasteiger partial charge in [0.15, 0.2) is 0 Å². The lowest BCUT2D eigenvalue weighted by Gasteiger charge is -2.15. The van der Waals surface area contributed by atoms with E-state index in [0.29, 0.717) is 11.5 Å². The molecule has 0 bridgehead atoms. The normalized spacial score (nSPS) is 12.0. The van der Waals surface area contributed by atoms with Gasteiger partial charge in [-0.15, -0.1) is 0 Å². The van der Waals surface area contributed by atoms with Gasteiger partial charge in [-0.25, -0.2) is 4.79 Å². The molecule has 0 aliphatic heterocycles. The van der Waals surface area contributed by atoms with Crippen LogP contribution in [0, 0.1) is 11.8 Å². The number of carboxylic acids is 1. The summed E-state index contributed by atoms with van der Waals surface area (Å²) in [6.07, 6.45) is 0.526. The van der Waals surface area contributed by atoms with E-state index in [-0.39, 0.29) is 19.0 Å². The zero-order valence-corrected chi connectivity index (χ0v) is 10.9. The smallest absolute Gasteiger partial charge is 0.315 e. The highest BCUT2D eigenvalue weighted by Gasteiger charge is 2.19. The van der Waals surface area contributed by atoms with Gasteiger partial charge in [-0.05, 0) is 12.3 Å². The summed E-state index contributed by atoms with van der Waals surface area (Å²) in [5.41, 5.74) is 0. The molecule has 0 heterocycles. The quantitative estimate of drug-likeness (QED) is 0.654. The van der Waals surface area contributed by atoms with E-state index in [0.717, 1.165) is 0 Å². The van der Waals surface area contributed by atoms with Crippen molar-refractivity contribution in [3.05, 3.63) is 11.6 Å². The zero-order chi connectivity index (χ0) is 13.4. The molecule has 0 rings (SSSR count). The molecule has 6 heteroatoms. The number of carboxylic acid groups (broad SMARTS) is 1. The molecule has 17 heavy (non-hydrogen) atoms. The first kappa shape index (κ1) is 15.8. The van der Waals surface area contributed by atoms with Crippen molar-refractivity contribution >= 4 is 23.6 Å². The van der Waals surface area contributed by atoms with Crippen LogP contribution in [0.5, 0.6) is 0 Å². The molecule has 0 spiro atoms. The van der Waals surface area contributed by atoms with E-state index in [9.17, 15) is 9.59 Å². The SMILES string of the molecule is C=C(Cl)CNC(=O)NCC(CC(C)C)C(=O)O. The second kappa shape index (κ2) is 7.95. The summed E-state index contributed by atoms with van der Waals surface area (Å²) in [6.45, 7) is 7.56. The van der Waals surface area contributed by atoms with E-state index in [1.54, 1.807) is 0 Å². The van der Waals surface area contributed by atoms with Gasteiger partial charge in [-0.1, -0.05) is 32.0 Å². The van der Waals surface area contributed by atoms with E-state index in [2.05, 4.69) is 17.2 Å². The summed E-state index contributed by atoms with van der Waals surface area (Å²) in [7, 11) is 0. The number of hydrogen-bond acceptors (Lipinski definition) is 2. The van der Waals surface area contributed by atoms with Crippen molar-refractivity contribution in [2.24, 2.45) is 11.8 Å². The standard InChI is InChI=1S/C11H19ClN2O3/c1-7(2)4-9(10(15)16)6-14-11(17)13-5-8(3)12/h7,9H,3-6H2,1-2H3,(H,15,16)(H2,13,14,17). The molecule has 0 radical (unpaired) electrons. The van der Waals surface area contributed by atoms with Crippen LogP contribution in [0.3, 0.4) is 0 Å². The number of nitrogens with one attached hydrogen (secondary N) is 2. The van der Waals surface area contributed by atoms with Gasteiger partial charge in [0.1, 0.15) is 0 Å². The van der Waals surface area contributed by atoms with Gasteiger partial charge < -0.3 is 15.7 Å². The van der Waals surface area contributed by atoms with E-state index < -0.39 is 17.9 Å². The molecule has 0 saturated carbocycles. The molecule has 0 fully saturated rings. The Kier molecular flexibility index (Phi) is 7.37. The van der Waals surface area contributed by atoms with Gasteiger partial charge in [-0.3, -0.25) is 4.79 Å². The van der Waals surface area contributed by atoms with Crippen LogP contribution >= 0.6 is 11.6 Å². The van der Waals surface area contributed by atoms with Crippen LogP contribution in [0.1, 0.15) is 20.3 Å². The van der Waals surface area contributed by atoms with Gasteiger partial charge in [0.2, 0.25) is 0 Å². The number of aliphatic carboxylic acids is 1. The average molecular weight is 263 g/mol. The second-order valence-electron chi connectivity index (χ2n) is 4.25. The molecule has 0 aromatic carbocycles. The van der Waals surface area contributed by atoms with Gasteiger partial charge in [0.05, 0.1) is 12.5 Å². The van der Waals surface area contributed by atoms with Crippen molar-refractivity contribution in [2.45, 2.75) is 20.3 Å². The number of halogens is 1. The van der Waals surface area contributed by atoms with Crippen LogP contribution in [0.4, 0.5) is 4.79 Å². The van der Waals surface area contributed by atoms with Crippen LogP contribution in [-0.4, -0.2) is 30.2 Å². The first-order chi connectivity index (χ1) is 7.82. The van der Waals surface area contributed by atoms with E-state index in [1.807, 2.05) is 13.8 Å². The lowest BCUT2D eigenvalue weighted by Crippen LogP contribution is -2.40. The topological polar surface area (TPSA) is 78.4 Å². The predicted octanol–water partition coefficient (Wildman–Crippen LogP) is 1.79. The Labute approximate surface area is 106 Å². The fourth-order valence-corrected chi connectivity index (χ4v) is 1.36. The predicted molar refractivity (Wildman–Crippen MR) is 67.0 cm³/mol. The summed E-state index contributed by atoms with van der Waals surface area (Å²) < 4.78 is 0. The molecule has 2 amide bonds. The Morgan fingerprint density at radius 3 is 2.35 bits per heavy atom. The first-order valence-corrected chi connectivity index (χ1v) is 5.78. The molecule has 0 aromatic heterocycles. The van der Waals surface area contributed by atoms with Crippen LogP contribution in [-0.2, 0) is 4.79 Å². The van der Waals surface area contributed by atoms with Crippen LogP contribution < -0.4 is 10.6 Å². The van der Waals surface area contributed by atoms with Gasteiger partial charge in [-0.2, -0.15) is 0 Å². The minimum Gasteiger partial charge on any atom is -0.481 e. The maximum Gasteiger partial charge on any atom is 0.315 e. The van der Waals surface area contributed by atoms with Crippen LogP contribution in [0.2, 0.25) is 0 Å². The third kappa shape index (κ3) is 8.56. The number of amides is 2. The average Bonchev–Trinajstić information content (AvgIpc) is 2.20. The summed E-state index contributed by atoms with van der Waals surface area (Å²) in [5, 5.41) is 14.2. The monoisotopic (exact) mass is 262 g/mol. The number of hydrogen-bond donors (Lipinski definition) is 3. The van der Waals surface area contributed by atoms with E-state index in [1.165, 1.54) is 0 Å². The minimum atomic E-state index is -0.902. The highest BCUT2D eigenvalue weighted by molar-refractivity contribution is 6.29. The van der Waals surface area contributed by atoms with Crippen molar-refractivity contribution in [3.8, 4) is 0 Å². The molecule has 1 unspecified atom stereocenters. The fourth-order valence-electron chi connectivity index (χ4n) is 1.30. The largest absolute Gasteiger partial charge is 0.481 e. The molecule has 98 valence electrons. The summed E-state index contributed by atoms with van der Waals surface area (Å²) in [5.74, 6) is -1.20. The highest BCUT2D eigenvalue weighted by atomic mass is 35.5. The number of carbonyl (C=O) groups is 2. The molecule has 0 aliphatic rings. The molecule has 3 N–H and O–H groups in total. The molecular formula is C11H19ClN2O3. The minimum absolute atomic E-state index is 0.105. The Hall–Kier alpha value is -1.23. The Morgan fingerprint density at radius 2 is 1.94 bits per heavy atom. The highest BCUT2D eigenvalue weighted by Crippen LogP contribution is 2.10. The maximum absolute atomic E-state index is 11.2. The second-order valence-corrected chi connectivity index (χ2v) is 4.78. The Balaban J connectivity index is 3.99. The Bertz CT molecular complexity index is 292. The van der Waals surface area contributed by atoms with Crippen molar-refractivity contribution in [3.63, 3.8) is 0 Å². The third-order valence-electron chi connectivity index (χ3n) is 2.05. The fraction of sp³-hybridized carbons (Fsp3) is 0.636. The van der Waals surface area contributed by atoms with Crippen molar-refractivity contribution in [1.82, 2.24) is 10.6 Å². The summed E-state index contributed by atoms with van der Waals surface area (Å²) in [6, 6.07) is -0.443. The Morgan fingerprint density at radius 1 is 1.35 bits per heavy atom. The van der Waals surface area contributed by atoms with Crippen molar-refractivity contribution in [1.29, 1.82) is 0 Å². The number of carbonyl (C=O) groups excluding carboxylic acids is 1. The van der Waals surface area contributed by atoms with Crippen molar-refractivity contribution in [2.75, 3.05) is 13.1 Å². The van der Waals surface area contributed by atoms with Gasteiger partial charge in [0, 0.05) is 11.6 Å². The first-order valence-electron chi connectivity index (χ1n) is 5.40. The van der Waals surface area contributed by atoms with E-state index in [4.69, 9.17) is 16.7 Å². The summed E-state index contributed by atoms with van der Waals surface area (Å²) >= 11 is 5.47.